The molecule has 0 spiro atoms. The first-order valence-electron chi connectivity index (χ1n) is 13.0. The van der Waals surface area contributed by atoms with Crippen LogP contribution < -0.4 is 16.4 Å². The maximum atomic E-state index is 13.4. The quantitative estimate of drug-likeness (QED) is 0.314. The van der Waals surface area contributed by atoms with Crippen LogP contribution in [-0.4, -0.2) is 87.8 Å². The predicted octanol–water partition coefficient (Wildman–Crippen LogP) is 0.462. The minimum absolute atomic E-state index is 0.0790. The second-order valence-corrected chi connectivity index (χ2v) is 10.9. The van der Waals surface area contributed by atoms with Crippen LogP contribution in [0.2, 0.25) is 0 Å². The average Bonchev–Trinajstić information content (AvgIpc) is 3.46. The molecule has 0 aromatic heterocycles. The molecular weight excluding hydrogens is 466 g/mol. The SMILES string of the molecule is CC(C)C[C@H](NC(=O)[C@@H]1CCCN1C(=O)[C@H](CC(C)C)NC(=O)[C@H](C)N)C(=O)N1CCC[C@H]1C(=O)O. The first kappa shape index (κ1) is 29.5. The fourth-order valence-corrected chi connectivity index (χ4v) is 4.95. The third-order valence-corrected chi connectivity index (χ3v) is 6.72. The summed E-state index contributed by atoms with van der Waals surface area (Å²) in [5, 5.41) is 15.0. The summed E-state index contributed by atoms with van der Waals surface area (Å²) in [6.07, 6.45) is 2.81. The van der Waals surface area contributed by atoms with E-state index in [2.05, 4.69) is 10.6 Å². The minimum atomic E-state index is -1.05. The van der Waals surface area contributed by atoms with Gasteiger partial charge in [-0.2, -0.15) is 0 Å². The summed E-state index contributed by atoms with van der Waals surface area (Å²) >= 11 is 0. The molecule has 0 aromatic carbocycles. The van der Waals surface area contributed by atoms with Crippen molar-refractivity contribution in [3.63, 3.8) is 0 Å². The fourth-order valence-electron chi connectivity index (χ4n) is 4.95. The zero-order chi connectivity index (χ0) is 27.2. The van der Waals surface area contributed by atoms with Gasteiger partial charge in [0.15, 0.2) is 0 Å². The largest absolute Gasteiger partial charge is 0.480 e. The van der Waals surface area contributed by atoms with Crippen molar-refractivity contribution < 1.29 is 29.1 Å². The Morgan fingerprint density at radius 2 is 1.25 bits per heavy atom. The fraction of sp³-hybridized carbons (Fsp3) is 0.800. The molecule has 2 heterocycles. The van der Waals surface area contributed by atoms with Crippen molar-refractivity contribution in [2.24, 2.45) is 17.6 Å². The molecular formula is C25H43N5O6. The number of likely N-dealkylation sites (tertiary alicyclic amines) is 2. The number of aliphatic carboxylic acids is 1. The molecule has 11 heteroatoms. The van der Waals surface area contributed by atoms with E-state index in [1.165, 1.54) is 9.80 Å². The molecule has 5 atom stereocenters. The normalized spacial score (nSPS) is 22.4. The molecule has 5 N–H and O–H groups in total. The number of carboxylic acids is 1. The molecule has 2 fully saturated rings. The lowest BCUT2D eigenvalue weighted by molar-refractivity contribution is -0.150. The number of carbonyl (C=O) groups is 5. The summed E-state index contributed by atoms with van der Waals surface area (Å²) in [5.41, 5.74) is 5.67. The summed E-state index contributed by atoms with van der Waals surface area (Å²) in [6, 6.07) is -4.10. The van der Waals surface area contributed by atoms with Crippen LogP contribution >= 0.6 is 0 Å². The van der Waals surface area contributed by atoms with E-state index in [1.54, 1.807) is 6.92 Å². The van der Waals surface area contributed by atoms with E-state index >= 15 is 0 Å². The maximum absolute atomic E-state index is 13.4. The second-order valence-electron chi connectivity index (χ2n) is 10.9. The Balaban J connectivity index is 2.18. The van der Waals surface area contributed by atoms with Gasteiger partial charge in [0, 0.05) is 13.1 Å². The molecule has 11 nitrogen and oxygen atoms in total. The van der Waals surface area contributed by atoms with Crippen molar-refractivity contribution in [1.82, 2.24) is 20.4 Å². The number of nitrogens with one attached hydrogen (secondary N) is 2. The number of nitrogens with zero attached hydrogens (tertiary/aromatic N) is 2. The van der Waals surface area contributed by atoms with Gasteiger partial charge in [-0.05, 0) is 57.3 Å². The van der Waals surface area contributed by atoms with Gasteiger partial charge in [-0.3, -0.25) is 19.2 Å². The lowest BCUT2D eigenvalue weighted by Crippen LogP contribution is -2.58. The Bertz CT molecular complexity index is 830. The monoisotopic (exact) mass is 509 g/mol. The number of rotatable bonds is 11. The number of amides is 4. The third-order valence-electron chi connectivity index (χ3n) is 6.72. The highest BCUT2D eigenvalue weighted by Gasteiger charge is 2.41. The van der Waals surface area contributed by atoms with Gasteiger partial charge in [-0.15, -0.1) is 0 Å². The Kier molecular flexibility index (Phi) is 10.7. The molecule has 2 aliphatic rings. The molecule has 0 radical (unpaired) electrons. The lowest BCUT2D eigenvalue weighted by atomic mass is 10.0. The molecule has 204 valence electrons. The van der Waals surface area contributed by atoms with Crippen molar-refractivity contribution in [2.75, 3.05) is 13.1 Å². The first-order chi connectivity index (χ1) is 16.8. The Labute approximate surface area is 213 Å². The van der Waals surface area contributed by atoms with Crippen LogP contribution in [0.25, 0.3) is 0 Å². The van der Waals surface area contributed by atoms with E-state index in [0.717, 1.165) is 0 Å². The zero-order valence-electron chi connectivity index (χ0n) is 22.2. The van der Waals surface area contributed by atoms with Gasteiger partial charge in [0.05, 0.1) is 6.04 Å². The van der Waals surface area contributed by atoms with Crippen molar-refractivity contribution >= 4 is 29.6 Å². The van der Waals surface area contributed by atoms with Gasteiger partial charge < -0.3 is 31.3 Å². The molecule has 0 aliphatic carbocycles. The first-order valence-corrected chi connectivity index (χ1v) is 13.0. The van der Waals surface area contributed by atoms with Crippen LogP contribution in [0.1, 0.15) is 73.1 Å². The highest BCUT2D eigenvalue weighted by molar-refractivity contribution is 5.95. The number of nitrogens with two attached hydrogens (primary N) is 1. The minimum Gasteiger partial charge on any atom is -0.480 e. The zero-order valence-corrected chi connectivity index (χ0v) is 22.2. The Morgan fingerprint density at radius 3 is 1.69 bits per heavy atom. The standard InChI is InChI=1S/C25H43N5O6/c1-14(2)12-17(27-21(31)16(5)26)23(33)29-10-6-8-19(29)22(32)28-18(13-15(3)4)24(34)30-11-7-9-20(30)25(35)36/h14-20H,6-13,26H2,1-5H3,(H,27,31)(H,28,32)(H,35,36)/t16-,17-,18-,19-,20-/m0/s1. The molecule has 0 aromatic rings. The van der Waals surface area contributed by atoms with Crippen molar-refractivity contribution in [2.45, 2.75) is 103 Å². The van der Waals surface area contributed by atoms with Crippen molar-refractivity contribution in [3.05, 3.63) is 0 Å². The summed E-state index contributed by atoms with van der Waals surface area (Å²) in [5.74, 6) is -2.46. The highest BCUT2D eigenvalue weighted by Crippen LogP contribution is 2.23. The number of carboxylic acid groups (broad SMARTS) is 1. The molecule has 36 heavy (non-hydrogen) atoms. The molecule has 0 bridgehead atoms. The lowest BCUT2D eigenvalue weighted by Gasteiger charge is -2.32. The molecule has 2 rings (SSSR count). The summed E-state index contributed by atoms with van der Waals surface area (Å²) in [4.78, 5) is 66.7. The van der Waals surface area contributed by atoms with Crippen LogP contribution in [0.5, 0.6) is 0 Å². The Hall–Kier alpha value is -2.69. The van der Waals surface area contributed by atoms with E-state index in [-0.39, 0.29) is 17.7 Å². The number of carbonyl (C=O) groups excluding carboxylic acids is 4. The topological polar surface area (TPSA) is 162 Å². The smallest absolute Gasteiger partial charge is 0.326 e. The molecule has 0 unspecified atom stereocenters. The van der Waals surface area contributed by atoms with Crippen LogP contribution in [0.3, 0.4) is 0 Å². The molecule has 0 saturated carbocycles. The highest BCUT2D eigenvalue weighted by atomic mass is 16.4. The van der Waals surface area contributed by atoms with E-state index in [0.29, 0.717) is 51.6 Å². The molecule has 2 aliphatic heterocycles. The summed E-state index contributed by atoms with van der Waals surface area (Å²) in [7, 11) is 0. The van der Waals surface area contributed by atoms with Crippen molar-refractivity contribution in [1.29, 1.82) is 0 Å². The Morgan fingerprint density at radius 1 is 0.806 bits per heavy atom. The predicted molar refractivity (Wildman–Crippen MR) is 134 cm³/mol. The second kappa shape index (κ2) is 13.0. The number of hydrogen-bond donors (Lipinski definition) is 4. The average molecular weight is 510 g/mol. The molecule has 2 saturated heterocycles. The van der Waals surface area contributed by atoms with Gasteiger partial charge in [-0.1, -0.05) is 27.7 Å². The van der Waals surface area contributed by atoms with Gasteiger partial charge in [0.1, 0.15) is 24.2 Å². The maximum Gasteiger partial charge on any atom is 0.326 e. The summed E-state index contributed by atoms with van der Waals surface area (Å²) in [6.45, 7) is 9.98. The van der Waals surface area contributed by atoms with Gasteiger partial charge in [0.2, 0.25) is 23.6 Å². The van der Waals surface area contributed by atoms with Gasteiger partial charge in [-0.25, -0.2) is 4.79 Å². The van der Waals surface area contributed by atoms with Gasteiger partial charge >= 0.3 is 5.97 Å². The van der Waals surface area contributed by atoms with E-state index < -0.39 is 53.9 Å². The van der Waals surface area contributed by atoms with Crippen LogP contribution in [0.4, 0.5) is 0 Å². The molecule has 4 amide bonds. The third kappa shape index (κ3) is 7.65. The van der Waals surface area contributed by atoms with E-state index in [9.17, 15) is 29.1 Å². The number of hydrogen-bond acceptors (Lipinski definition) is 6. The van der Waals surface area contributed by atoms with Crippen molar-refractivity contribution in [3.8, 4) is 0 Å². The van der Waals surface area contributed by atoms with E-state index in [1.807, 2.05) is 27.7 Å². The van der Waals surface area contributed by atoms with Crippen LogP contribution in [-0.2, 0) is 24.0 Å². The van der Waals surface area contributed by atoms with Crippen LogP contribution in [0, 0.1) is 11.8 Å². The van der Waals surface area contributed by atoms with Crippen LogP contribution in [0.15, 0.2) is 0 Å². The van der Waals surface area contributed by atoms with E-state index in [4.69, 9.17) is 5.73 Å². The summed E-state index contributed by atoms with van der Waals surface area (Å²) < 4.78 is 0. The van der Waals surface area contributed by atoms with Gasteiger partial charge in [0.25, 0.3) is 0 Å².